The van der Waals surface area contributed by atoms with Gasteiger partial charge in [0.2, 0.25) is 0 Å². The summed E-state index contributed by atoms with van der Waals surface area (Å²) in [6.45, 7) is 4.64. The van der Waals surface area contributed by atoms with E-state index in [2.05, 4.69) is 20.5 Å². The molecule has 3 aliphatic heterocycles. The van der Waals surface area contributed by atoms with Gasteiger partial charge >= 0.3 is 6.03 Å². The van der Waals surface area contributed by atoms with Crippen LogP contribution in [-0.2, 0) is 9.53 Å². The maximum atomic E-state index is 12.6. The van der Waals surface area contributed by atoms with Crippen LogP contribution in [-0.4, -0.2) is 116 Å². The van der Waals surface area contributed by atoms with Crippen molar-refractivity contribution in [1.82, 2.24) is 25.3 Å². The van der Waals surface area contributed by atoms with E-state index < -0.39 is 30.2 Å². The molecule has 3 saturated heterocycles. The number of aliphatic hydroxyl groups excluding tert-OH is 1. The van der Waals surface area contributed by atoms with Gasteiger partial charge in [-0.15, -0.1) is 0 Å². The standard InChI is InChI=1S/C21H30N6O5/c1-25-18-17(19(29)24-21(25)30)27(13-15(28)14-32-16-5-3-2-4-6-16)20(23-18)22-7-8-26-9-11-31-12-10-26/h2-6,15,17-18,28H,7-14H2,1H3,(H,22,23)(H,24,29,30). The number of fused-ring (bicyclic) bond motifs is 1. The smallest absolute Gasteiger partial charge is 0.325 e. The molecule has 3 fully saturated rings. The maximum Gasteiger partial charge on any atom is 0.325 e. The lowest BCUT2D eigenvalue weighted by Gasteiger charge is -2.35. The summed E-state index contributed by atoms with van der Waals surface area (Å²) in [5, 5.41) is 16.2. The maximum absolute atomic E-state index is 12.6. The highest BCUT2D eigenvalue weighted by atomic mass is 16.5. The van der Waals surface area contributed by atoms with Crippen LogP contribution in [0.2, 0.25) is 0 Å². The molecule has 0 aromatic heterocycles. The van der Waals surface area contributed by atoms with E-state index in [4.69, 9.17) is 9.47 Å². The molecule has 11 nitrogen and oxygen atoms in total. The number of morpholine rings is 1. The average Bonchev–Trinajstić information content (AvgIpc) is 3.16. The molecule has 4 rings (SSSR count). The number of carbonyl (C=O) groups is 2. The number of benzene rings is 1. The Morgan fingerprint density at radius 2 is 2.00 bits per heavy atom. The molecule has 0 radical (unpaired) electrons. The lowest BCUT2D eigenvalue weighted by Crippen LogP contribution is -2.65. The summed E-state index contributed by atoms with van der Waals surface area (Å²) >= 11 is 0. The van der Waals surface area contributed by atoms with Crippen molar-refractivity contribution in [3.8, 4) is 5.75 Å². The molecule has 3 amide bonds. The quantitative estimate of drug-likeness (QED) is 0.460. The van der Waals surface area contributed by atoms with E-state index in [1.165, 1.54) is 4.90 Å². The summed E-state index contributed by atoms with van der Waals surface area (Å²) in [7, 11) is 1.62. The van der Waals surface area contributed by atoms with Crippen molar-refractivity contribution >= 4 is 17.9 Å². The molecule has 174 valence electrons. The molecule has 3 aliphatic rings. The van der Waals surface area contributed by atoms with Gasteiger partial charge in [-0.2, -0.15) is 0 Å². The molecule has 0 bridgehead atoms. The van der Waals surface area contributed by atoms with Crippen molar-refractivity contribution in [3.63, 3.8) is 0 Å². The Labute approximate surface area is 187 Å². The summed E-state index contributed by atoms with van der Waals surface area (Å²) in [5.74, 6) is 0.730. The number of rotatable bonds is 8. The number of likely N-dealkylation sites (N-methyl/N-ethyl adjacent to an activating group) is 1. The second-order valence-electron chi connectivity index (χ2n) is 8.03. The van der Waals surface area contributed by atoms with Crippen molar-refractivity contribution in [2.24, 2.45) is 4.99 Å². The summed E-state index contributed by atoms with van der Waals surface area (Å²) in [6, 6.07) is 8.07. The highest BCUT2D eigenvalue weighted by molar-refractivity contribution is 6.04. The lowest BCUT2D eigenvalue weighted by atomic mass is 10.1. The number of imide groups is 1. The molecule has 32 heavy (non-hydrogen) atoms. The molecule has 11 heteroatoms. The fourth-order valence-corrected chi connectivity index (χ4v) is 4.03. The number of carbonyl (C=O) groups excluding carboxylic acids is 2. The van der Waals surface area contributed by atoms with Crippen LogP contribution < -0.4 is 15.4 Å². The number of nitrogens with one attached hydrogen (secondary N) is 2. The van der Waals surface area contributed by atoms with E-state index in [0.29, 0.717) is 31.5 Å². The highest BCUT2D eigenvalue weighted by Gasteiger charge is 2.50. The third-order valence-corrected chi connectivity index (χ3v) is 5.79. The molecule has 3 unspecified atom stereocenters. The summed E-state index contributed by atoms with van der Waals surface area (Å²) in [5.41, 5.74) is 0. The number of urea groups is 1. The number of nitrogens with zero attached hydrogens (tertiary/aromatic N) is 4. The number of hydrogen-bond acceptors (Lipinski definition) is 7. The number of aliphatic imine (C=N–C) groups is 1. The van der Waals surface area contributed by atoms with Gasteiger partial charge in [-0.25, -0.2) is 4.79 Å². The van der Waals surface area contributed by atoms with E-state index in [0.717, 1.165) is 19.6 Å². The first kappa shape index (κ1) is 22.3. The van der Waals surface area contributed by atoms with Crippen molar-refractivity contribution < 1.29 is 24.2 Å². The number of ether oxygens (including phenoxy) is 2. The predicted octanol–water partition coefficient (Wildman–Crippen LogP) is -1.10. The first-order valence-electron chi connectivity index (χ1n) is 10.8. The fraction of sp³-hybridized carbons (Fsp3) is 0.571. The molecule has 0 aliphatic carbocycles. The van der Waals surface area contributed by atoms with Gasteiger partial charge in [0.25, 0.3) is 5.91 Å². The first-order valence-corrected chi connectivity index (χ1v) is 10.8. The molecule has 1 aromatic carbocycles. The van der Waals surface area contributed by atoms with Gasteiger partial charge in [0, 0.05) is 26.7 Å². The van der Waals surface area contributed by atoms with E-state index in [1.54, 1.807) is 11.9 Å². The zero-order chi connectivity index (χ0) is 22.5. The van der Waals surface area contributed by atoms with Crippen LogP contribution in [0.25, 0.3) is 0 Å². The average molecular weight is 447 g/mol. The normalized spacial score (nSPS) is 26.0. The van der Waals surface area contributed by atoms with E-state index in [-0.39, 0.29) is 13.2 Å². The third-order valence-electron chi connectivity index (χ3n) is 5.79. The fourth-order valence-electron chi connectivity index (χ4n) is 4.03. The van der Waals surface area contributed by atoms with Crippen molar-refractivity contribution in [3.05, 3.63) is 30.3 Å². The zero-order valence-corrected chi connectivity index (χ0v) is 18.1. The van der Waals surface area contributed by atoms with Crippen LogP contribution in [0.1, 0.15) is 0 Å². The monoisotopic (exact) mass is 446 g/mol. The Kier molecular flexibility index (Phi) is 7.08. The number of para-hydroxylation sites is 1. The van der Waals surface area contributed by atoms with Gasteiger partial charge in [-0.1, -0.05) is 18.2 Å². The summed E-state index contributed by atoms with van der Waals surface area (Å²) in [4.78, 5) is 34.8. The van der Waals surface area contributed by atoms with E-state index >= 15 is 0 Å². The van der Waals surface area contributed by atoms with E-state index in [1.807, 2.05) is 30.3 Å². The zero-order valence-electron chi connectivity index (χ0n) is 18.1. The predicted molar refractivity (Wildman–Crippen MR) is 116 cm³/mol. The topological polar surface area (TPSA) is 119 Å². The van der Waals surface area contributed by atoms with Crippen LogP contribution in [0.15, 0.2) is 35.3 Å². The molecule has 1 aromatic rings. The van der Waals surface area contributed by atoms with Crippen molar-refractivity contribution in [2.75, 3.05) is 59.6 Å². The molecular weight excluding hydrogens is 416 g/mol. The van der Waals surface area contributed by atoms with Gasteiger partial charge in [-0.3, -0.25) is 20.0 Å². The van der Waals surface area contributed by atoms with Crippen LogP contribution in [0.3, 0.4) is 0 Å². The summed E-state index contributed by atoms with van der Waals surface area (Å²) < 4.78 is 11.0. The Morgan fingerprint density at radius 3 is 2.75 bits per heavy atom. The van der Waals surface area contributed by atoms with Crippen LogP contribution >= 0.6 is 0 Å². The first-order chi connectivity index (χ1) is 15.5. The molecular formula is C21H30N6O5. The number of amides is 3. The third kappa shape index (κ3) is 5.12. The molecule has 0 saturated carbocycles. The minimum absolute atomic E-state index is 0.0648. The molecule has 3 heterocycles. The second kappa shape index (κ2) is 10.2. The van der Waals surface area contributed by atoms with E-state index in [9.17, 15) is 14.7 Å². The SMILES string of the molecule is CN1C(=O)NC(=O)C2C1NC(=NCCN1CCOCC1)N2CC(O)COc1ccccc1. The van der Waals surface area contributed by atoms with Gasteiger partial charge in [-0.05, 0) is 12.1 Å². The second-order valence-corrected chi connectivity index (χ2v) is 8.03. The van der Waals surface area contributed by atoms with Gasteiger partial charge in [0.1, 0.15) is 24.6 Å². The van der Waals surface area contributed by atoms with Crippen molar-refractivity contribution in [2.45, 2.75) is 18.3 Å². The highest BCUT2D eigenvalue weighted by Crippen LogP contribution is 2.21. The largest absolute Gasteiger partial charge is 0.491 e. The van der Waals surface area contributed by atoms with Crippen LogP contribution in [0, 0.1) is 0 Å². The number of hydrogen-bond donors (Lipinski definition) is 3. The van der Waals surface area contributed by atoms with Crippen LogP contribution in [0.5, 0.6) is 5.75 Å². The number of guanidine groups is 1. The van der Waals surface area contributed by atoms with Gasteiger partial charge in [0.15, 0.2) is 12.0 Å². The van der Waals surface area contributed by atoms with Crippen LogP contribution in [0.4, 0.5) is 4.79 Å². The minimum atomic E-state index is -0.865. The Balaban J connectivity index is 1.43. The Bertz CT molecular complexity index is 831. The molecule has 3 N–H and O–H groups in total. The van der Waals surface area contributed by atoms with Gasteiger partial charge in [0.05, 0.1) is 26.3 Å². The number of β-amino-alcohol motifs (C(OH)–C–C–N with tert-alkyl or cyclic N) is 1. The Hall–Kier alpha value is -2.89. The summed E-state index contributed by atoms with van der Waals surface area (Å²) in [6.07, 6.45) is -1.42. The minimum Gasteiger partial charge on any atom is -0.491 e. The molecule has 0 spiro atoms. The van der Waals surface area contributed by atoms with Crippen molar-refractivity contribution in [1.29, 1.82) is 0 Å². The Morgan fingerprint density at radius 1 is 1.25 bits per heavy atom. The van der Waals surface area contributed by atoms with Gasteiger partial charge < -0.3 is 29.7 Å². The lowest BCUT2D eigenvalue weighted by molar-refractivity contribution is -0.127. The molecule has 3 atom stereocenters. The number of aliphatic hydroxyl groups is 1.